The lowest BCUT2D eigenvalue weighted by Gasteiger charge is -2.25. The van der Waals surface area contributed by atoms with Gasteiger partial charge in [-0.15, -0.1) is 0 Å². The molecular formula is C13H14ClF4NO. The van der Waals surface area contributed by atoms with E-state index < -0.39 is 24.3 Å². The van der Waals surface area contributed by atoms with E-state index in [1.807, 2.05) is 5.32 Å². The maximum absolute atomic E-state index is 13.0. The van der Waals surface area contributed by atoms with Crippen LogP contribution in [-0.2, 0) is 4.79 Å². The van der Waals surface area contributed by atoms with E-state index in [1.165, 1.54) is 12.1 Å². The Hall–Kier alpha value is -1.30. The molecule has 1 rings (SSSR count). The number of carbonyl (C=O) groups excluding carboxylic acids is 1. The third kappa shape index (κ3) is 3.85. The highest BCUT2D eigenvalue weighted by atomic mass is 35.5. The number of carbonyl (C=O) groups is 1. The predicted octanol–water partition coefficient (Wildman–Crippen LogP) is 4.05. The van der Waals surface area contributed by atoms with Gasteiger partial charge < -0.3 is 5.32 Å². The van der Waals surface area contributed by atoms with Crippen LogP contribution in [0, 0.1) is 5.92 Å². The summed E-state index contributed by atoms with van der Waals surface area (Å²) in [6.45, 7) is 3.36. The predicted molar refractivity (Wildman–Crippen MR) is 68.1 cm³/mol. The van der Waals surface area contributed by atoms with Crippen molar-refractivity contribution in [3.8, 4) is 0 Å². The summed E-state index contributed by atoms with van der Waals surface area (Å²) in [6.07, 6.45) is -4.04. The Morgan fingerprint density at radius 3 is 2.10 bits per heavy atom. The van der Waals surface area contributed by atoms with Crippen molar-refractivity contribution in [1.29, 1.82) is 0 Å². The van der Waals surface area contributed by atoms with Crippen molar-refractivity contribution in [2.75, 3.05) is 0 Å². The molecule has 0 aliphatic heterocycles. The Kier molecular flexibility index (Phi) is 5.39. The van der Waals surface area contributed by atoms with Crippen LogP contribution in [0.2, 0.25) is 5.02 Å². The van der Waals surface area contributed by atoms with E-state index in [2.05, 4.69) is 0 Å². The van der Waals surface area contributed by atoms with E-state index in [-0.39, 0.29) is 5.92 Å². The Morgan fingerprint density at radius 1 is 1.20 bits per heavy atom. The first kappa shape index (κ1) is 16.8. The first-order chi connectivity index (χ1) is 9.16. The van der Waals surface area contributed by atoms with Crippen LogP contribution in [0.4, 0.5) is 17.6 Å². The van der Waals surface area contributed by atoms with Crippen LogP contribution in [0.1, 0.15) is 25.5 Å². The zero-order chi connectivity index (χ0) is 15.5. The molecule has 0 aliphatic rings. The lowest BCUT2D eigenvalue weighted by Crippen LogP contribution is -2.47. The first-order valence-electron chi connectivity index (χ1n) is 5.88. The quantitative estimate of drug-likeness (QED) is 0.817. The van der Waals surface area contributed by atoms with Crippen molar-refractivity contribution in [1.82, 2.24) is 5.32 Å². The number of hydrogen-bond donors (Lipinski definition) is 1. The fraction of sp³-hybridized carbons (Fsp3) is 0.462. The van der Waals surface area contributed by atoms with Crippen LogP contribution in [0.5, 0.6) is 0 Å². The van der Waals surface area contributed by atoms with Crippen LogP contribution in [-0.4, -0.2) is 18.3 Å². The van der Waals surface area contributed by atoms with Crippen LogP contribution in [0.25, 0.3) is 0 Å². The lowest BCUT2D eigenvalue weighted by atomic mass is 9.96. The molecule has 1 aromatic rings. The summed E-state index contributed by atoms with van der Waals surface area (Å²) < 4.78 is 50.2. The highest BCUT2D eigenvalue weighted by molar-refractivity contribution is 6.30. The van der Waals surface area contributed by atoms with Crippen LogP contribution in [0.3, 0.4) is 0 Å². The second-order valence-electron chi connectivity index (χ2n) is 4.67. The van der Waals surface area contributed by atoms with Crippen molar-refractivity contribution in [3.05, 3.63) is 34.9 Å². The summed E-state index contributed by atoms with van der Waals surface area (Å²) >= 11 is 5.71. The van der Waals surface area contributed by atoms with Gasteiger partial charge in [0.2, 0.25) is 0 Å². The maximum atomic E-state index is 13.0. The molecule has 0 aromatic heterocycles. The molecule has 0 saturated carbocycles. The summed E-state index contributed by atoms with van der Waals surface area (Å²) in [4.78, 5) is 11.3. The van der Waals surface area contributed by atoms with Crippen LogP contribution >= 0.6 is 11.6 Å². The Balaban J connectivity index is 2.94. The zero-order valence-corrected chi connectivity index (χ0v) is 11.6. The molecule has 1 aromatic carbocycles. The fourth-order valence-corrected chi connectivity index (χ4v) is 1.77. The third-order valence-electron chi connectivity index (χ3n) is 2.76. The highest BCUT2D eigenvalue weighted by Crippen LogP contribution is 2.27. The van der Waals surface area contributed by atoms with Crippen molar-refractivity contribution in [3.63, 3.8) is 0 Å². The van der Waals surface area contributed by atoms with Crippen LogP contribution < -0.4 is 5.32 Å². The SMILES string of the molecule is CC(C)C(NC(=O)C(F)(F)C(F)F)c1ccc(Cl)cc1. The summed E-state index contributed by atoms with van der Waals surface area (Å²) in [5, 5.41) is 2.41. The van der Waals surface area contributed by atoms with Gasteiger partial charge in [-0.05, 0) is 23.6 Å². The number of hydrogen-bond acceptors (Lipinski definition) is 1. The van der Waals surface area contributed by atoms with E-state index in [0.29, 0.717) is 10.6 Å². The molecule has 1 unspecified atom stereocenters. The summed E-state index contributed by atoms with van der Waals surface area (Å²) in [5.41, 5.74) is 0.516. The second-order valence-corrected chi connectivity index (χ2v) is 5.11. The van der Waals surface area contributed by atoms with Crippen molar-refractivity contribution >= 4 is 17.5 Å². The number of halogens is 5. The zero-order valence-electron chi connectivity index (χ0n) is 10.8. The molecule has 1 N–H and O–H groups in total. The van der Waals surface area contributed by atoms with Gasteiger partial charge in [-0.1, -0.05) is 37.6 Å². The van der Waals surface area contributed by atoms with Gasteiger partial charge in [0, 0.05) is 5.02 Å². The molecule has 0 heterocycles. The van der Waals surface area contributed by atoms with Gasteiger partial charge in [-0.25, -0.2) is 8.78 Å². The van der Waals surface area contributed by atoms with Crippen molar-refractivity contribution in [2.45, 2.75) is 32.2 Å². The number of amides is 1. The Bertz CT molecular complexity index is 462. The van der Waals surface area contributed by atoms with Gasteiger partial charge >= 0.3 is 12.3 Å². The smallest absolute Gasteiger partial charge is 0.344 e. The molecule has 0 fully saturated rings. The topological polar surface area (TPSA) is 29.1 Å². The highest BCUT2D eigenvalue weighted by Gasteiger charge is 2.49. The molecule has 20 heavy (non-hydrogen) atoms. The van der Waals surface area contributed by atoms with E-state index >= 15 is 0 Å². The summed E-state index contributed by atoms with van der Waals surface area (Å²) in [7, 11) is 0. The average Bonchev–Trinajstić information content (AvgIpc) is 2.36. The molecule has 1 amide bonds. The van der Waals surface area contributed by atoms with Gasteiger partial charge in [0.05, 0.1) is 6.04 Å². The van der Waals surface area contributed by atoms with Gasteiger partial charge in [0.15, 0.2) is 0 Å². The van der Waals surface area contributed by atoms with Crippen molar-refractivity contribution in [2.24, 2.45) is 5.92 Å². The average molecular weight is 312 g/mol. The molecule has 1 atom stereocenters. The normalized spacial score (nSPS) is 13.7. The van der Waals surface area contributed by atoms with Gasteiger partial charge in [0.25, 0.3) is 5.91 Å². The summed E-state index contributed by atoms with van der Waals surface area (Å²) in [5.74, 6) is -6.95. The molecule has 0 radical (unpaired) electrons. The molecule has 0 aliphatic carbocycles. The lowest BCUT2D eigenvalue weighted by molar-refractivity contribution is -0.170. The summed E-state index contributed by atoms with van der Waals surface area (Å²) in [6, 6.07) is 5.36. The fourth-order valence-electron chi connectivity index (χ4n) is 1.64. The molecule has 0 saturated heterocycles. The van der Waals surface area contributed by atoms with E-state index in [0.717, 1.165) is 0 Å². The van der Waals surface area contributed by atoms with Gasteiger partial charge in [-0.3, -0.25) is 4.79 Å². The van der Waals surface area contributed by atoms with E-state index in [1.54, 1.807) is 26.0 Å². The van der Waals surface area contributed by atoms with Gasteiger partial charge in [0.1, 0.15) is 0 Å². The van der Waals surface area contributed by atoms with Crippen LogP contribution in [0.15, 0.2) is 24.3 Å². The Morgan fingerprint density at radius 2 is 1.70 bits per heavy atom. The molecule has 2 nitrogen and oxygen atoms in total. The monoisotopic (exact) mass is 311 g/mol. The Labute approximate surface area is 119 Å². The second kappa shape index (κ2) is 6.43. The van der Waals surface area contributed by atoms with Gasteiger partial charge in [-0.2, -0.15) is 8.78 Å². The standard InChI is InChI=1S/C13H14ClF4NO/c1-7(2)10(8-3-5-9(14)6-4-8)19-12(20)13(17,18)11(15)16/h3-7,10-11H,1-2H3,(H,19,20). The minimum atomic E-state index is -4.71. The largest absolute Gasteiger partial charge is 0.383 e. The molecular weight excluding hydrogens is 298 g/mol. The van der Waals surface area contributed by atoms with Crippen molar-refractivity contribution < 1.29 is 22.4 Å². The molecule has 0 spiro atoms. The number of alkyl halides is 4. The minimum Gasteiger partial charge on any atom is -0.344 e. The molecule has 112 valence electrons. The number of rotatable bonds is 5. The number of nitrogens with one attached hydrogen (secondary N) is 1. The molecule has 7 heteroatoms. The molecule has 0 bridgehead atoms. The maximum Gasteiger partial charge on any atom is 0.383 e. The van der Waals surface area contributed by atoms with E-state index in [9.17, 15) is 22.4 Å². The van der Waals surface area contributed by atoms with E-state index in [4.69, 9.17) is 11.6 Å². The number of benzene rings is 1. The first-order valence-corrected chi connectivity index (χ1v) is 6.26. The third-order valence-corrected chi connectivity index (χ3v) is 3.01. The minimum absolute atomic E-state index is 0.256.